The van der Waals surface area contributed by atoms with E-state index in [1.807, 2.05) is 18.3 Å². The lowest BCUT2D eigenvalue weighted by Gasteiger charge is -2.28. The number of benzene rings is 1. The standard InChI is InChI=1S/C25H27N3O2S/c1-3-16-4-6-17(7-5-16)27-23-11-10-19(31(30)18-8-9-18)14-21(23)22-15-28(2)25(29)24-20(22)12-13-26-24/h1,10-18,26-27H,4-9H2,2H3/t16?,17?,31-/m1/s1. The molecule has 0 saturated heterocycles. The van der Waals surface area contributed by atoms with Gasteiger partial charge in [-0.15, -0.1) is 12.3 Å². The normalized spacial score (nSPS) is 22.2. The minimum absolute atomic E-state index is 0.0522. The first-order valence-electron chi connectivity index (χ1n) is 11.0. The van der Waals surface area contributed by atoms with Crippen LogP contribution in [0.1, 0.15) is 38.5 Å². The molecule has 0 radical (unpaired) electrons. The molecule has 3 aromatic rings. The van der Waals surface area contributed by atoms with Gasteiger partial charge in [0.25, 0.3) is 5.56 Å². The molecule has 2 aromatic heterocycles. The molecule has 2 saturated carbocycles. The van der Waals surface area contributed by atoms with Crippen LogP contribution < -0.4 is 10.9 Å². The van der Waals surface area contributed by atoms with E-state index in [9.17, 15) is 9.00 Å². The molecule has 2 heterocycles. The van der Waals surface area contributed by atoms with Gasteiger partial charge in [0, 0.05) is 63.7 Å². The molecule has 6 heteroatoms. The summed E-state index contributed by atoms with van der Waals surface area (Å²) < 4.78 is 14.5. The summed E-state index contributed by atoms with van der Waals surface area (Å²) in [6.07, 6.45) is 15.5. The van der Waals surface area contributed by atoms with Gasteiger partial charge in [-0.3, -0.25) is 9.00 Å². The molecule has 0 spiro atoms. The smallest absolute Gasteiger partial charge is 0.274 e. The highest BCUT2D eigenvalue weighted by atomic mass is 32.2. The van der Waals surface area contributed by atoms with Crippen LogP contribution in [0.15, 0.2) is 46.3 Å². The summed E-state index contributed by atoms with van der Waals surface area (Å²) >= 11 is 0. The molecule has 2 N–H and O–H groups in total. The van der Waals surface area contributed by atoms with Gasteiger partial charge in [-0.2, -0.15) is 0 Å². The summed E-state index contributed by atoms with van der Waals surface area (Å²) in [6, 6.07) is 8.40. The number of fused-ring (bicyclic) bond motifs is 1. The van der Waals surface area contributed by atoms with Crippen LogP contribution in [-0.2, 0) is 17.8 Å². The minimum atomic E-state index is -0.989. The molecular weight excluding hydrogens is 406 g/mol. The van der Waals surface area contributed by atoms with E-state index >= 15 is 0 Å². The Balaban J connectivity index is 1.59. The van der Waals surface area contributed by atoms with Gasteiger partial charge >= 0.3 is 0 Å². The maximum atomic E-state index is 12.9. The largest absolute Gasteiger partial charge is 0.382 e. The summed E-state index contributed by atoms with van der Waals surface area (Å²) in [5.74, 6) is 3.27. The van der Waals surface area contributed by atoms with Crippen LogP contribution in [0.5, 0.6) is 0 Å². The first kappa shape index (κ1) is 20.1. The highest BCUT2D eigenvalue weighted by molar-refractivity contribution is 7.86. The molecule has 1 aromatic carbocycles. The number of aromatic nitrogens is 2. The number of aryl methyl sites for hydroxylation is 1. The number of anilines is 1. The third-order valence-electron chi connectivity index (χ3n) is 6.56. The van der Waals surface area contributed by atoms with Crippen LogP contribution >= 0.6 is 0 Å². The minimum Gasteiger partial charge on any atom is -0.382 e. The van der Waals surface area contributed by atoms with Crippen LogP contribution in [0.2, 0.25) is 0 Å². The van der Waals surface area contributed by atoms with E-state index in [0.717, 1.165) is 65.6 Å². The second-order valence-electron chi connectivity index (χ2n) is 8.79. The van der Waals surface area contributed by atoms with Crippen molar-refractivity contribution >= 4 is 27.4 Å². The fourth-order valence-electron chi connectivity index (χ4n) is 4.58. The molecule has 5 rings (SSSR count). The number of pyridine rings is 1. The van der Waals surface area contributed by atoms with Gasteiger partial charge in [0.15, 0.2) is 0 Å². The van der Waals surface area contributed by atoms with Crippen molar-refractivity contribution in [3.63, 3.8) is 0 Å². The first-order chi connectivity index (χ1) is 15.0. The highest BCUT2D eigenvalue weighted by Gasteiger charge is 2.30. The van der Waals surface area contributed by atoms with Crippen molar-refractivity contribution in [3.05, 3.63) is 47.0 Å². The number of nitrogens with one attached hydrogen (secondary N) is 2. The Bertz CT molecular complexity index is 1250. The SMILES string of the molecule is C#CC1CCC(Nc2ccc([S@](=O)C3CC3)cc2-c2cn(C)c(=O)c3[nH]ccc23)CC1. The van der Waals surface area contributed by atoms with Gasteiger partial charge in [-0.25, -0.2) is 0 Å². The molecule has 160 valence electrons. The lowest BCUT2D eigenvalue weighted by Crippen LogP contribution is -2.26. The molecule has 1 atom stereocenters. The Kier molecular flexibility index (Phi) is 5.23. The molecule has 0 unspecified atom stereocenters. The Morgan fingerprint density at radius 2 is 1.90 bits per heavy atom. The van der Waals surface area contributed by atoms with Crippen LogP contribution in [0.25, 0.3) is 22.0 Å². The second kappa shape index (κ2) is 8.05. The molecule has 31 heavy (non-hydrogen) atoms. The quantitative estimate of drug-likeness (QED) is 0.586. The van der Waals surface area contributed by atoms with Crippen molar-refractivity contribution in [2.75, 3.05) is 5.32 Å². The summed E-state index contributed by atoms with van der Waals surface area (Å²) in [5.41, 5.74) is 3.51. The lowest BCUT2D eigenvalue weighted by molar-refractivity contribution is 0.400. The van der Waals surface area contributed by atoms with Gasteiger partial charge < -0.3 is 14.9 Å². The third kappa shape index (κ3) is 3.83. The first-order valence-corrected chi connectivity index (χ1v) is 12.2. The van der Waals surface area contributed by atoms with Crippen molar-refractivity contribution in [1.82, 2.24) is 9.55 Å². The maximum absolute atomic E-state index is 12.9. The number of hydrogen-bond acceptors (Lipinski definition) is 3. The molecule has 0 aliphatic heterocycles. The number of H-pyrrole nitrogens is 1. The number of hydrogen-bond donors (Lipinski definition) is 2. The zero-order valence-electron chi connectivity index (χ0n) is 17.7. The third-order valence-corrected chi connectivity index (χ3v) is 8.35. The van der Waals surface area contributed by atoms with Crippen molar-refractivity contribution in [2.24, 2.45) is 13.0 Å². The summed E-state index contributed by atoms with van der Waals surface area (Å²) in [4.78, 5) is 16.5. The predicted molar refractivity (Wildman–Crippen MR) is 127 cm³/mol. The fraction of sp³-hybridized carbons (Fsp3) is 0.400. The highest BCUT2D eigenvalue weighted by Crippen LogP contribution is 2.38. The second-order valence-corrected chi connectivity index (χ2v) is 10.5. The van der Waals surface area contributed by atoms with Crippen molar-refractivity contribution < 1.29 is 4.21 Å². The van der Waals surface area contributed by atoms with E-state index < -0.39 is 10.8 Å². The average Bonchev–Trinajstić information content (AvgIpc) is 3.53. The monoisotopic (exact) mass is 433 g/mol. The van der Waals surface area contributed by atoms with Crippen LogP contribution in [0, 0.1) is 18.3 Å². The molecule has 5 nitrogen and oxygen atoms in total. The summed E-state index contributed by atoms with van der Waals surface area (Å²) in [6.45, 7) is 0. The fourth-order valence-corrected chi connectivity index (χ4v) is 5.97. The van der Waals surface area contributed by atoms with Crippen LogP contribution in [-0.4, -0.2) is 25.1 Å². The summed E-state index contributed by atoms with van der Waals surface area (Å²) in [7, 11) is 0.781. The zero-order valence-corrected chi connectivity index (χ0v) is 18.5. The summed E-state index contributed by atoms with van der Waals surface area (Å²) in [5, 5.41) is 4.89. The van der Waals surface area contributed by atoms with Crippen molar-refractivity contribution in [1.29, 1.82) is 0 Å². The van der Waals surface area contributed by atoms with E-state index in [-0.39, 0.29) is 10.8 Å². The Morgan fingerprint density at radius 1 is 1.13 bits per heavy atom. The van der Waals surface area contributed by atoms with E-state index in [1.165, 1.54) is 0 Å². The Morgan fingerprint density at radius 3 is 2.61 bits per heavy atom. The number of aromatic amines is 1. The van der Waals surface area contributed by atoms with Gasteiger partial charge in [0.05, 0.1) is 10.8 Å². The zero-order chi connectivity index (χ0) is 21.5. The van der Waals surface area contributed by atoms with E-state index in [2.05, 4.69) is 28.4 Å². The van der Waals surface area contributed by atoms with Crippen molar-refractivity contribution in [2.45, 2.75) is 54.7 Å². The molecule has 2 aliphatic carbocycles. The average molecular weight is 434 g/mol. The van der Waals surface area contributed by atoms with Gasteiger partial charge in [0.2, 0.25) is 0 Å². The van der Waals surface area contributed by atoms with Crippen LogP contribution in [0.3, 0.4) is 0 Å². The number of nitrogens with zero attached hydrogens (tertiary/aromatic N) is 1. The van der Waals surface area contributed by atoms with Gasteiger partial charge in [0.1, 0.15) is 5.52 Å². The van der Waals surface area contributed by atoms with E-state index in [1.54, 1.807) is 17.8 Å². The molecular formula is C25H27N3O2S. The molecule has 0 amide bonds. The molecule has 2 aliphatic rings. The number of terminal acetylenes is 1. The molecule has 2 fully saturated rings. The maximum Gasteiger partial charge on any atom is 0.274 e. The van der Waals surface area contributed by atoms with Crippen LogP contribution in [0.4, 0.5) is 5.69 Å². The molecule has 0 bridgehead atoms. The van der Waals surface area contributed by atoms with E-state index in [4.69, 9.17) is 6.42 Å². The lowest BCUT2D eigenvalue weighted by atomic mass is 9.86. The Labute approximate surface area is 184 Å². The van der Waals surface area contributed by atoms with E-state index in [0.29, 0.717) is 17.5 Å². The van der Waals surface area contributed by atoms with Gasteiger partial charge in [-0.05, 0) is 62.8 Å². The topological polar surface area (TPSA) is 66.9 Å². The Hall–Kier alpha value is -2.78. The van der Waals surface area contributed by atoms with Gasteiger partial charge in [-0.1, -0.05) is 0 Å². The predicted octanol–water partition coefficient (Wildman–Crippen LogP) is 4.41. The van der Waals surface area contributed by atoms with Crippen molar-refractivity contribution in [3.8, 4) is 23.5 Å². The number of rotatable bonds is 5.